The maximum absolute atomic E-state index is 4.55. The molecule has 3 aromatic rings. The van der Waals surface area contributed by atoms with Gasteiger partial charge in [-0.1, -0.05) is 31.5 Å². The van der Waals surface area contributed by atoms with E-state index in [9.17, 15) is 0 Å². The van der Waals surface area contributed by atoms with Gasteiger partial charge >= 0.3 is 0 Å². The highest BCUT2D eigenvalue weighted by atomic mass is 32.2. The van der Waals surface area contributed by atoms with Gasteiger partial charge in [0, 0.05) is 18.1 Å². The molecule has 0 aliphatic rings. The fourth-order valence-corrected chi connectivity index (χ4v) is 2.91. The molecule has 0 unspecified atom stereocenters. The maximum atomic E-state index is 4.55. The average molecular weight is 314 g/mol. The van der Waals surface area contributed by atoms with Crippen LogP contribution in [0.4, 0.5) is 5.82 Å². The van der Waals surface area contributed by atoms with Gasteiger partial charge in [-0.05, 0) is 44.0 Å². The van der Waals surface area contributed by atoms with E-state index >= 15 is 0 Å². The van der Waals surface area contributed by atoms with Crippen LogP contribution in [-0.4, -0.2) is 21.0 Å². The Kier molecular flexibility index (Phi) is 5.44. The zero-order valence-corrected chi connectivity index (χ0v) is 14.5. The number of fused-ring (bicyclic) bond motifs is 1. The zero-order chi connectivity index (χ0) is 16.1. The Hall–Kier alpha value is -2.01. The lowest BCUT2D eigenvalue weighted by Crippen LogP contribution is -1.98. The van der Waals surface area contributed by atoms with Crippen LogP contribution in [-0.2, 0) is 0 Å². The minimum atomic E-state index is 0.770. The van der Waals surface area contributed by atoms with Crippen molar-refractivity contribution in [2.24, 2.45) is 0 Å². The summed E-state index contributed by atoms with van der Waals surface area (Å²) >= 11 is 1.66. The molecule has 1 N–H and O–H groups in total. The molecule has 0 bridgehead atoms. The van der Waals surface area contributed by atoms with Gasteiger partial charge in [0.05, 0.1) is 5.39 Å². The SMILES string of the molecule is CC.CNc1nc(C)nc2c1ccn2Sc1ccc(C)cc1. The first kappa shape index (κ1) is 16.4. The molecule has 2 heterocycles. The van der Waals surface area contributed by atoms with Crippen LogP contribution < -0.4 is 5.32 Å². The summed E-state index contributed by atoms with van der Waals surface area (Å²) < 4.78 is 2.08. The lowest BCUT2D eigenvalue weighted by atomic mass is 10.2. The van der Waals surface area contributed by atoms with Crippen LogP contribution >= 0.6 is 11.9 Å². The molecular weight excluding hydrogens is 292 g/mol. The van der Waals surface area contributed by atoms with Crippen LogP contribution in [0.2, 0.25) is 0 Å². The highest BCUT2D eigenvalue weighted by Crippen LogP contribution is 2.28. The van der Waals surface area contributed by atoms with Crippen LogP contribution in [0.5, 0.6) is 0 Å². The Morgan fingerprint density at radius 1 is 1.00 bits per heavy atom. The number of nitrogens with zero attached hydrogens (tertiary/aromatic N) is 3. The molecule has 1 aromatic carbocycles. The predicted octanol–water partition coefficient (Wildman–Crippen LogP) is 4.67. The van der Waals surface area contributed by atoms with E-state index in [1.807, 2.05) is 40.1 Å². The van der Waals surface area contributed by atoms with Crippen molar-refractivity contribution in [1.82, 2.24) is 13.9 Å². The monoisotopic (exact) mass is 314 g/mol. The zero-order valence-electron chi connectivity index (χ0n) is 13.7. The topological polar surface area (TPSA) is 42.7 Å². The number of hydrogen-bond acceptors (Lipinski definition) is 4. The highest BCUT2D eigenvalue weighted by molar-refractivity contribution is 7.98. The van der Waals surface area contributed by atoms with E-state index in [1.54, 1.807) is 11.9 Å². The molecule has 0 fully saturated rings. The second-order valence-electron chi connectivity index (χ2n) is 4.65. The third-order valence-corrected chi connectivity index (χ3v) is 4.06. The number of hydrogen-bond donors (Lipinski definition) is 1. The second-order valence-corrected chi connectivity index (χ2v) is 5.70. The van der Waals surface area contributed by atoms with Crippen LogP contribution in [0, 0.1) is 13.8 Å². The minimum Gasteiger partial charge on any atom is -0.372 e. The number of nitrogens with one attached hydrogen (secondary N) is 1. The molecule has 5 heteroatoms. The largest absolute Gasteiger partial charge is 0.372 e. The van der Waals surface area contributed by atoms with Gasteiger partial charge in [0.15, 0.2) is 5.65 Å². The van der Waals surface area contributed by atoms with Gasteiger partial charge in [-0.15, -0.1) is 0 Å². The van der Waals surface area contributed by atoms with Crippen molar-refractivity contribution >= 4 is 28.8 Å². The third-order valence-electron chi connectivity index (χ3n) is 3.08. The van der Waals surface area contributed by atoms with E-state index in [2.05, 4.69) is 50.4 Å². The van der Waals surface area contributed by atoms with Crippen molar-refractivity contribution in [3.8, 4) is 0 Å². The number of benzene rings is 1. The lowest BCUT2D eigenvalue weighted by molar-refractivity contribution is 1.07. The normalized spacial score (nSPS) is 10.2. The Morgan fingerprint density at radius 2 is 1.68 bits per heavy atom. The summed E-state index contributed by atoms with van der Waals surface area (Å²) in [5.41, 5.74) is 2.20. The molecule has 0 aliphatic heterocycles. The predicted molar refractivity (Wildman–Crippen MR) is 95.6 cm³/mol. The van der Waals surface area contributed by atoms with Gasteiger partial charge in [0.25, 0.3) is 0 Å². The summed E-state index contributed by atoms with van der Waals surface area (Å²) in [7, 11) is 1.88. The van der Waals surface area contributed by atoms with Crippen LogP contribution in [0.1, 0.15) is 25.2 Å². The molecule has 2 aromatic heterocycles. The van der Waals surface area contributed by atoms with E-state index in [-0.39, 0.29) is 0 Å². The standard InChI is InChI=1S/C15H16N4S.C2H6/c1-10-4-6-12(7-5-10)20-19-9-8-13-14(16-3)17-11(2)18-15(13)19;1-2/h4-9H,1-3H3,(H,16,17,18);1-2H3. The molecule has 0 aliphatic carbocycles. The molecular formula is C17H22N4S. The van der Waals surface area contributed by atoms with Crippen LogP contribution in [0.15, 0.2) is 41.4 Å². The molecule has 0 amide bonds. The van der Waals surface area contributed by atoms with Crippen molar-refractivity contribution in [2.75, 3.05) is 12.4 Å². The Balaban J connectivity index is 0.000000847. The van der Waals surface area contributed by atoms with Gasteiger partial charge in [0.2, 0.25) is 0 Å². The third kappa shape index (κ3) is 3.42. The molecule has 0 saturated heterocycles. The molecule has 0 saturated carbocycles. The summed E-state index contributed by atoms with van der Waals surface area (Å²) in [6, 6.07) is 10.5. The summed E-state index contributed by atoms with van der Waals surface area (Å²) in [6.07, 6.45) is 2.03. The fourth-order valence-electron chi connectivity index (χ4n) is 2.08. The average Bonchev–Trinajstić information content (AvgIpc) is 2.93. The van der Waals surface area contributed by atoms with Gasteiger partial charge in [-0.3, -0.25) is 3.97 Å². The maximum Gasteiger partial charge on any atom is 0.156 e. The first-order valence-electron chi connectivity index (χ1n) is 7.46. The van der Waals surface area contributed by atoms with Gasteiger partial charge in [0.1, 0.15) is 11.6 Å². The van der Waals surface area contributed by atoms with Crippen molar-refractivity contribution in [3.05, 3.63) is 47.9 Å². The quantitative estimate of drug-likeness (QED) is 0.763. The van der Waals surface area contributed by atoms with Crippen molar-refractivity contribution in [2.45, 2.75) is 32.6 Å². The highest BCUT2D eigenvalue weighted by Gasteiger charge is 2.10. The molecule has 3 rings (SSSR count). The van der Waals surface area contributed by atoms with E-state index < -0.39 is 0 Å². The Labute approximate surface area is 136 Å². The molecule has 0 atom stereocenters. The van der Waals surface area contributed by atoms with Crippen molar-refractivity contribution in [3.63, 3.8) is 0 Å². The Morgan fingerprint density at radius 3 is 2.32 bits per heavy atom. The van der Waals surface area contributed by atoms with Crippen LogP contribution in [0.25, 0.3) is 11.0 Å². The number of anilines is 1. The van der Waals surface area contributed by atoms with Crippen molar-refractivity contribution < 1.29 is 0 Å². The van der Waals surface area contributed by atoms with Crippen molar-refractivity contribution in [1.29, 1.82) is 0 Å². The first-order valence-corrected chi connectivity index (χ1v) is 8.23. The molecule has 116 valence electrons. The van der Waals surface area contributed by atoms with Crippen LogP contribution in [0.3, 0.4) is 0 Å². The van der Waals surface area contributed by atoms with Gasteiger partial charge in [-0.2, -0.15) is 0 Å². The fraction of sp³-hybridized carbons (Fsp3) is 0.294. The van der Waals surface area contributed by atoms with E-state index in [4.69, 9.17) is 0 Å². The van der Waals surface area contributed by atoms with E-state index in [0.717, 1.165) is 22.7 Å². The second kappa shape index (κ2) is 7.31. The van der Waals surface area contributed by atoms with Gasteiger partial charge < -0.3 is 5.32 Å². The summed E-state index contributed by atoms with van der Waals surface area (Å²) in [5, 5.41) is 4.16. The number of rotatable bonds is 3. The molecule has 22 heavy (non-hydrogen) atoms. The summed E-state index contributed by atoms with van der Waals surface area (Å²) in [4.78, 5) is 10.1. The lowest BCUT2D eigenvalue weighted by Gasteiger charge is -2.06. The van der Waals surface area contributed by atoms with Gasteiger partial charge in [-0.25, -0.2) is 9.97 Å². The molecule has 0 spiro atoms. The first-order chi connectivity index (χ1) is 10.7. The Bertz CT molecular complexity index is 747. The smallest absolute Gasteiger partial charge is 0.156 e. The summed E-state index contributed by atoms with van der Waals surface area (Å²) in [5.74, 6) is 1.64. The summed E-state index contributed by atoms with van der Waals surface area (Å²) in [6.45, 7) is 8.00. The minimum absolute atomic E-state index is 0.770. The number of aromatic nitrogens is 3. The van der Waals surface area contributed by atoms with E-state index in [1.165, 1.54) is 10.5 Å². The number of aryl methyl sites for hydroxylation is 2. The van der Waals surface area contributed by atoms with E-state index in [0.29, 0.717) is 0 Å². The molecule has 4 nitrogen and oxygen atoms in total. The molecule has 0 radical (unpaired) electrons.